The van der Waals surface area contributed by atoms with Crippen molar-refractivity contribution in [3.05, 3.63) is 93.2 Å². The molecule has 0 spiro atoms. The number of aryl methyl sites for hydroxylation is 1. The highest BCUT2D eigenvalue weighted by Crippen LogP contribution is 2.26. The van der Waals surface area contributed by atoms with Gasteiger partial charge in [-0.2, -0.15) is 4.31 Å². The summed E-state index contributed by atoms with van der Waals surface area (Å²) in [6, 6.07) is 11.9. The second-order valence-electron chi connectivity index (χ2n) is 7.11. The second kappa shape index (κ2) is 10.1. The maximum Gasteiger partial charge on any atom is 0.243 e. The number of halogens is 5. The number of sulfonamides is 1. The first kappa shape index (κ1) is 25.0. The summed E-state index contributed by atoms with van der Waals surface area (Å²) < 4.78 is 67.9. The van der Waals surface area contributed by atoms with Gasteiger partial charge in [-0.15, -0.1) is 0 Å². The Morgan fingerprint density at radius 3 is 2.24 bits per heavy atom. The summed E-state index contributed by atoms with van der Waals surface area (Å²) in [4.78, 5) is 12.5. The molecule has 3 rings (SSSR count). The lowest BCUT2D eigenvalue weighted by Gasteiger charge is -2.22. The maximum atomic E-state index is 13.9. The van der Waals surface area contributed by atoms with E-state index in [9.17, 15) is 26.4 Å². The van der Waals surface area contributed by atoms with Gasteiger partial charge in [0.2, 0.25) is 15.9 Å². The number of benzene rings is 3. The van der Waals surface area contributed by atoms with E-state index in [0.29, 0.717) is 11.6 Å². The molecule has 0 aromatic heterocycles. The largest absolute Gasteiger partial charge is 0.322 e. The zero-order valence-electron chi connectivity index (χ0n) is 17.1. The number of rotatable bonds is 7. The molecule has 3 aromatic rings. The van der Waals surface area contributed by atoms with E-state index in [2.05, 4.69) is 5.32 Å². The molecule has 1 amide bonds. The second-order valence-corrected chi connectivity index (χ2v) is 9.86. The minimum Gasteiger partial charge on any atom is -0.322 e. The van der Waals surface area contributed by atoms with Gasteiger partial charge in [0.25, 0.3) is 0 Å². The Kier molecular flexibility index (Phi) is 7.69. The Morgan fingerprint density at radius 2 is 1.61 bits per heavy atom. The number of nitrogens with zero attached hydrogens (tertiary/aromatic N) is 1. The van der Waals surface area contributed by atoms with Crippen molar-refractivity contribution < 1.29 is 26.4 Å². The Hall–Kier alpha value is -2.59. The topological polar surface area (TPSA) is 66.5 Å². The molecule has 174 valence electrons. The first-order chi connectivity index (χ1) is 15.5. The van der Waals surface area contributed by atoms with Crippen LogP contribution in [-0.2, 0) is 21.4 Å². The molecule has 33 heavy (non-hydrogen) atoms. The smallest absolute Gasteiger partial charge is 0.243 e. The van der Waals surface area contributed by atoms with Crippen LogP contribution in [0.15, 0.2) is 59.5 Å². The minimum absolute atomic E-state index is 0.0695. The van der Waals surface area contributed by atoms with E-state index in [0.717, 1.165) is 15.9 Å². The van der Waals surface area contributed by atoms with Gasteiger partial charge in [0.15, 0.2) is 17.5 Å². The third kappa shape index (κ3) is 5.86. The van der Waals surface area contributed by atoms with E-state index in [4.69, 9.17) is 23.2 Å². The van der Waals surface area contributed by atoms with Gasteiger partial charge in [-0.05, 0) is 48.9 Å². The number of nitrogens with one attached hydrogen (secondary N) is 1. The molecule has 0 fully saturated rings. The van der Waals surface area contributed by atoms with Crippen LogP contribution < -0.4 is 5.32 Å². The highest BCUT2D eigenvalue weighted by Gasteiger charge is 2.28. The van der Waals surface area contributed by atoms with Crippen molar-refractivity contribution >= 4 is 44.8 Å². The number of hydrogen-bond donors (Lipinski definition) is 1. The Labute approximate surface area is 198 Å². The molecular weight excluding hydrogens is 500 g/mol. The van der Waals surface area contributed by atoms with Gasteiger partial charge >= 0.3 is 0 Å². The molecule has 0 saturated heterocycles. The summed E-state index contributed by atoms with van der Waals surface area (Å²) >= 11 is 11.9. The van der Waals surface area contributed by atoms with E-state index in [1.807, 2.05) is 0 Å². The van der Waals surface area contributed by atoms with Crippen molar-refractivity contribution in [2.45, 2.75) is 18.4 Å². The number of anilines is 1. The van der Waals surface area contributed by atoms with Crippen molar-refractivity contribution in [3.63, 3.8) is 0 Å². The lowest BCUT2D eigenvalue weighted by atomic mass is 10.2. The van der Waals surface area contributed by atoms with E-state index in [-0.39, 0.29) is 21.5 Å². The van der Waals surface area contributed by atoms with Gasteiger partial charge < -0.3 is 5.32 Å². The molecule has 5 nitrogen and oxygen atoms in total. The molecule has 3 aromatic carbocycles. The fourth-order valence-corrected chi connectivity index (χ4v) is 4.60. The maximum absolute atomic E-state index is 13.9. The molecule has 0 heterocycles. The number of carbonyl (C=O) groups is 1. The Balaban J connectivity index is 1.92. The van der Waals surface area contributed by atoms with Gasteiger partial charge in [0.05, 0.1) is 27.2 Å². The van der Waals surface area contributed by atoms with E-state index >= 15 is 0 Å². The van der Waals surface area contributed by atoms with Gasteiger partial charge in [-0.3, -0.25) is 4.79 Å². The van der Waals surface area contributed by atoms with Crippen LogP contribution in [0, 0.1) is 24.4 Å². The number of amides is 1. The quantitative estimate of drug-likeness (QED) is 0.418. The average molecular weight is 517 g/mol. The lowest BCUT2D eigenvalue weighted by Crippen LogP contribution is -2.37. The predicted molar refractivity (Wildman–Crippen MR) is 120 cm³/mol. The fourth-order valence-electron chi connectivity index (χ4n) is 2.90. The van der Waals surface area contributed by atoms with Crippen LogP contribution in [-0.4, -0.2) is 25.2 Å². The SMILES string of the molecule is Cc1ccc(S(=O)(=O)N(CC(=O)Nc2ccc(F)c(F)c2F)Cc2ccc(Cl)c(Cl)c2)cc1. The predicted octanol–water partition coefficient (Wildman–Crippen LogP) is 5.55. The first-order valence-electron chi connectivity index (χ1n) is 9.43. The van der Waals surface area contributed by atoms with Gasteiger partial charge in [0, 0.05) is 6.54 Å². The summed E-state index contributed by atoms with van der Waals surface area (Å²) in [5.74, 6) is -5.74. The summed E-state index contributed by atoms with van der Waals surface area (Å²) in [6.07, 6.45) is 0. The van der Waals surface area contributed by atoms with Crippen LogP contribution >= 0.6 is 23.2 Å². The van der Waals surface area contributed by atoms with Crippen LogP contribution in [0.2, 0.25) is 10.0 Å². The highest BCUT2D eigenvalue weighted by molar-refractivity contribution is 7.89. The van der Waals surface area contributed by atoms with E-state index in [1.165, 1.54) is 24.3 Å². The summed E-state index contributed by atoms with van der Waals surface area (Å²) in [6.45, 7) is 0.781. The van der Waals surface area contributed by atoms with Crippen molar-refractivity contribution in [1.82, 2.24) is 4.31 Å². The van der Waals surface area contributed by atoms with Gasteiger partial charge in [-0.25, -0.2) is 21.6 Å². The highest BCUT2D eigenvalue weighted by atomic mass is 35.5. The van der Waals surface area contributed by atoms with Crippen molar-refractivity contribution in [2.24, 2.45) is 0 Å². The van der Waals surface area contributed by atoms with Gasteiger partial charge in [0.1, 0.15) is 0 Å². The van der Waals surface area contributed by atoms with Crippen LogP contribution in [0.1, 0.15) is 11.1 Å². The monoisotopic (exact) mass is 516 g/mol. The van der Waals surface area contributed by atoms with Gasteiger partial charge in [-0.1, -0.05) is 47.0 Å². The van der Waals surface area contributed by atoms with Crippen molar-refractivity contribution in [3.8, 4) is 0 Å². The van der Waals surface area contributed by atoms with Crippen LogP contribution in [0.4, 0.5) is 18.9 Å². The molecule has 0 unspecified atom stereocenters. The Bertz CT molecular complexity index is 1300. The van der Waals surface area contributed by atoms with E-state index < -0.39 is 45.6 Å². The molecular formula is C22H17Cl2F3N2O3S. The van der Waals surface area contributed by atoms with Crippen molar-refractivity contribution in [2.75, 3.05) is 11.9 Å². The molecule has 0 aliphatic heterocycles. The lowest BCUT2D eigenvalue weighted by molar-refractivity contribution is -0.116. The molecule has 1 N–H and O–H groups in total. The molecule has 0 aliphatic carbocycles. The summed E-state index contributed by atoms with van der Waals surface area (Å²) in [5, 5.41) is 2.53. The standard InChI is InChI=1S/C22H17Cl2F3N2O3S/c1-13-2-5-15(6-3-13)33(31,32)29(11-14-4-7-16(23)17(24)10-14)12-20(30)28-19-9-8-18(25)21(26)22(19)27/h2-10H,11-12H2,1H3,(H,28,30). The molecule has 11 heteroatoms. The van der Waals surface area contributed by atoms with Crippen LogP contribution in [0.25, 0.3) is 0 Å². The molecule has 0 atom stereocenters. The zero-order valence-corrected chi connectivity index (χ0v) is 19.4. The minimum atomic E-state index is -4.18. The average Bonchev–Trinajstić information content (AvgIpc) is 2.76. The van der Waals surface area contributed by atoms with E-state index in [1.54, 1.807) is 25.1 Å². The molecule has 0 saturated carbocycles. The zero-order chi connectivity index (χ0) is 24.3. The van der Waals surface area contributed by atoms with Crippen molar-refractivity contribution in [1.29, 1.82) is 0 Å². The van der Waals surface area contributed by atoms with Crippen LogP contribution in [0.5, 0.6) is 0 Å². The number of carbonyl (C=O) groups excluding carboxylic acids is 1. The summed E-state index contributed by atoms with van der Waals surface area (Å²) in [7, 11) is -4.18. The molecule has 0 radical (unpaired) electrons. The molecule has 0 aliphatic rings. The first-order valence-corrected chi connectivity index (χ1v) is 11.6. The fraction of sp³-hybridized carbons (Fsp3) is 0.136. The van der Waals surface area contributed by atoms with Crippen LogP contribution in [0.3, 0.4) is 0 Å². The normalized spacial score (nSPS) is 11.6. The molecule has 0 bridgehead atoms. The third-order valence-corrected chi connectivity index (χ3v) is 7.18. The Morgan fingerprint density at radius 1 is 0.939 bits per heavy atom. The third-order valence-electron chi connectivity index (χ3n) is 4.63. The summed E-state index contributed by atoms with van der Waals surface area (Å²) in [5.41, 5.74) is 0.643. The number of hydrogen-bond acceptors (Lipinski definition) is 3.